The predicted molar refractivity (Wildman–Crippen MR) is 102 cm³/mol. The Hall–Kier alpha value is -1.70. The molecule has 0 unspecified atom stereocenters. The number of aromatic nitrogens is 2. The second-order valence-corrected chi connectivity index (χ2v) is 8.97. The zero-order valence-corrected chi connectivity index (χ0v) is 16.2. The Balaban J connectivity index is 1.99. The van der Waals surface area contributed by atoms with Gasteiger partial charge >= 0.3 is 0 Å². The van der Waals surface area contributed by atoms with Gasteiger partial charge in [-0.05, 0) is 67.2 Å². The van der Waals surface area contributed by atoms with Crippen molar-refractivity contribution in [2.45, 2.75) is 67.2 Å². The first-order valence-electron chi connectivity index (χ1n) is 9.00. The van der Waals surface area contributed by atoms with Gasteiger partial charge in [0.05, 0.1) is 0 Å². The first kappa shape index (κ1) is 18.6. The van der Waals surface area contributed by atoms with Crippen molar-refractivity contribution >= 4 is 0 Å². The Labute approximate surface area is 147 Å². The van der Waals surface area contributed by atoms with Gasteiger partial charge in [-0.3, -0.25) is 9.97 Å². The van der Waals surface area contributed by atoms with Crippen molar-refractivity contribution in [3.63, 3.8) is 0 Å². The van der Waals surface area contributed by atoms with E-state index in [0.717, 1.165) is 25.7 Å². The Morgan fingerprint density at radius 3 is 2.25 bits per heavy atom. The molecule has 2 nitrogen and oxygen atoms in total. The van der Waals surface area contributed by atoms with Gasteiger partial charge in [0.15, 0.2) is 0 Å². The van der Waals surface area contributed by atoms with Crippen LogP contribution in [0.15, 0.2) is 36.5 Å². The first-order valence-corrected chi connectivity index (χ1v) is 9.00. The molecule has 2 aromatic heterocycles. The van der Waals surface area contributed by atoms with Gasteiger partial charge in [0, 0.05) is 23.3 Å². The van der Waals surface area contributed by atoms with E-state index in [0.29, 0.717) is 0 Å². The Bertz CT molecular complexity index is 666. The van der Waals surface area contributed by atoms with E-state index in [1.165, 1.54) is 22.6 Å². The van der Waals surface area contributed by atoms with Gasteiger partial charge in [0.25, 0.3) is 0 Å². The highest BCUT2D eigenvalue weighted by Crippen LogP contribution is 2.28. The van der Waals surface area contributed by atoms with E-state index >= 15 is 0 Å². The minimum Gasteiger partial charge on any atom is -0.261 e. The summed E-state index contributed by atoms with van der Waals surface area (Å²) in [6.07, 6.45) is 6.08. The highest BCUT2D eigenvalue weighted by Gasteiger charge is 2.20. The molecule has 0 atom stereocenters. The van der Waals surface area contributed by atoms with Crippen LogP contribution in [0.1, 0.15) is 63.7 Å². The molecule has 2 heterocycles. The van der Waals surface area contributed by atoms with Gasteiger partial charge in [0.1, 0.15) is 0 Å². The minimum atomic E-state index is 0.223. The maximum Gasteiger partial charge on any atom is 0.0438 e. The van der Waals surface area contributed by atoms with Gasteiger partial charge in [-0.1, -0.05) is 46.8 Å². The molecule has 0 aliphatic carbocycles. The third-order valence-electron chi connectivity index (χ3n) is 4.40. The molecule has 0 saturated heterocycles. The lowest BCUT2D eigenvalue weighted by atomic mass is 9.81. The Morgan fingerprint density at radius 1 is 0.875 bits per heavy atom. The number of aryl methyl sites for hydroxylation is 2. The van der Waals surface area contributed by atoms with E-state index in [4.69, 9.17) is 4.98 Å². The summed E-state index contributed by atoms with van der Waals surface area (Å²) in [5, 5.41) is 0. The van der Waals surface area contributed by atoms with Crippen LogP contribution in [0.4, 0.5) is 0 Å². The largest absolute Gasteiger partial charge is 0.261 e. The van der Waals surface area contributed by atoms with Crippen molar-refractivity contribution < 1.29 is 0 Å². The summed E-state index contributed by atoms with van der Waals surface area (Å²) in [5.41, 5.74) is 5.43. The lowest BCUT2D eigenvalue weighted by Crippen LogP contribution is -2.18. The van der Waals surface area contributed by atoms with E-state index in [1.807, 2.05) is 12.3 Å². The van der Waals surface area contributed by atoms with Crippen LogP contribution >= 0.6 is 0 Å². The predicted octanol–water partition coefficient (Wildman–Crippen LogP) is 5.58. The van der Waals surface area contributed by atoms with Crippen LogP contribution in [0.5, 0.6) is 0 Å². The maximum absolute atomic E-state index is 4.87. The molecule has 24 heavy (non-hydrogen) atoms. The maximum atomic E-state index is 4.87. The average Bonchev–Trinajstić information content (AvgIpc) is 2.46. The van der Waals surface area contributed by atoms with Gasteiger partial charge in [-0.2, -0.15) is 0 Å². The highest BCUT2D eigenvalue weighted by atomic mass is 14.7. The summed E-state index contributed by atoms with van der Waals surface area (Å²) in [7, 11) is 0. The molecule has 0 spiro atoms. The number of nitrogens with zero attached hydrogens (tertiary/aromatic N) is 2. The summed E-state index contributed by atoms with van der Waals surface area (Å²) in [4.78, 5) is 9.43. The van der Waals surface area contributed by atoms with E-state index in [-0.39, 0.29) is 10.8 Å². The van der Waals surface area contributed by atoms with Crippen LogP contribution < -0.4 is 0 Å². The van der Waals surface area contributed by atoms with Gasteiger partial charge in [-0.25, -0.2) is 0 Å². The lowest BCUT2D eigenvalue weighted by molar-refractivity contribution is 0.327. The molecule has 0 aromatic carbocycles. The zero-order chi connectivity index (χ0) is 17.8. The van der Waals surface area contributed by atoms with Crippen LogP contribution in [-0.2, 0) is 19.3 Å². The van der Waals surface area contributed by atoms with Gasteiger partial charge in [0.2, 0.25) is 0 Å². The lowest BCUT2D eigenvalue weighted by Gasteiger charge is -2.25. The number of rotatable bonds is 6. The number of hydrogen-bond acceptors (Lipinski definition) is 2. The van der Waals surface area contributed by atoms with Gasteiger partial charge in [-0.15, -0.1) is 0 Å². The monoisotopic (exact) mass is 324 g/mol. The SMILES string of the molecule is Cc1cccnc1CC(C)(C)CCc1cccc(CC(C)(C)C)n1. The van der Waals surface area contributed by atoms with Crippen molar-refractivity contribution in [1.29, 1.82) is 0 Å². The standard InChI is InChI=1S/C22H32N2/c1-17-9-8-14-23-20(17)16-22(5,6)13-12-18-10-7-11-19(24-18)15-21(2,3)4/h7-11,14H,12-13,15-16H2,1-6H3. The van der Waals surface area contributed by atoms with E-state index in [9.17, 15) is 0 Å². The topological polar surface area (TPSA) is 25.8 Å². The summed E-state index contributed by atoms with van der Waals surface area (Å²) in [5.74, 6) is 0. The van der Waals surface area contributed by atoms with Crippen LogP contribution in [0.25, 0.3) is 0 Å². The average molecular weight is 325 g/mol. The van der Waals surface area contributed by atoms with E-state index in [2.05, 4.69) is 70.8 Å². The molecule has 0 bridgehead atoms. The molecule has 130 valence electrons. The molecule has 0 N–H and O–H groups in total. The first-order chi connectivity index (χ1) is 11.1. The summed E-state index contributed by atoms with van der Waals surface area (Å²) < 4.78 is 0. The molecule has 0 fully saturated rings. The van der Waals surface area contributed by atoms with Crippen molar-refractivity contribution in [1.82, 2.24) is 9.97 Å². The van der Waals surface area contributed by atoms with Crippen LogP contribution in [0.3, 0.4) is 0 Å². The Kier molecular flexibility index (Phi) is 5.79. The summed E-state index contributed by atoms with van der Waals surface area (Å²) >= 11 is 0. The molecule has 0 aliphatic heterocycles. The summed E-state index contributed by atoms with van der Waals surface area (Å²) in [6.45, 7) is 13.6. The second-order valence-electron chi connectivity index (χ2n) is 8.97. The fourth-order valence-corrected chi connectivity index (χ4v) is 3.02. The van der Waals surface area contributed by atoms with Crippen LogP contribution in [0.2, 0.25) is 0 Å². The molecule has 0 aliphatic rings. The van der Waals surface area contributed by atoms with E-state index < -0.39 is 0 Å². The fourth-order valence-electron chi connectivity index (χ4n) is 3.02. The smallest absolute Gasteiger partial charge is 0.0438 e. The molecule has 0 saturated carbocycles. The molecule has 2 heteroatoms. The van der Waals surface area contributed by atoms with Crippen molar-refractivity contribution in [2.24, 2.45) is 10.8 Å². The quantitative estimate of drug-likeness (QED) is 0.693. The normalized spacial score (nSPS) is 12.4. The van der Waals surface area contributed by atoms with Crippen molar-refractivity contribution in [3.8, 4) is 0 Å². The van der Waals surface area contributed by atoms with Crippen molar-refractivity contribution in [3.05, 3.63) is 59.2 Å². The molecule has 0 radical (unpaired) electrons. The third kappa shape index (κ3) is 6.07. The fraction of sp³-hybridized carbons (Fsp3) is 0.545. The minimum absolute atomic E-state index is 0.223. The molecule has 0 amide bonds. The van der Waals surface area contributed by atoms with E-state index in [1.54, 1.807) is 0 Å². The molecular weight excluding hydrogens is 292 g/mol. The number of pyridine rings is 2. The highest BCUT2D eigenvalue weighted by molar-refractivity contribution is 5.19. The molecular formula is C22H32N2. The Morgan fingerprint density at radius 2 is 1.58 bits per heavy atom. The number of hydrogen-bond donors (Lipinski definition) is 0. The summed E-state index contributed by atoms with van der Waals surface area (Å²) in [6, 6.07) is 10.6. The second kappa shape index (κ2) is 7.46. The van der Waals surface area contributed by atoms with Crippen LogP contribution in [0, 0.1) is 17.8 Å². The molecule has 2 rings (SSSR count). The van der Waals surface area contributed by atoms with Gasteiger partial charge < -0.3 is 0 Å². The van der Waals surface area contributed by atoms with Crippen molar-refractivity contribution in [2.75, 3.05) is 0 Å². The third-order valence-corrected chi connectivity index (χ3v) is 4.40. The molecule has 2 aromatic rings. The van der Waals surface area contributed by atoms with Crippen LogP contribution in [-0.4, -0.2) is 9.97 Å². The zero-order valence-electron chi connectivity index (χ0n) is 16.2.